The second kappa shape index (κ2) is 14.9. The molecule has 2 N–H and O–H groups in total. The van der Waals surface area contributed by atoms with Gasteiger partial charge in [0.2, 0.25) is 11.8 Å². The van der Waals surface area contributed by atoms with Gasteiger partial charge in [0.15, 0.2) is 0 Å². The number of amides is 4. The zero-order chi connectivity index (χ0) is 41.9. The van der Waals surface area contributed by atoms with Crippen molar-refractivity contribution in [2.45, 2.75) is 139 Å². The molecule has 4 aliphatic carbocycles. The van der Waals surface area contributed by atoms with Crippen molar-refractivity contribution in [1.29, 1.82) is 0 Å². The summed E-state index contributed by atoms with van der Waals surface area (Å²) in [5.74, 6) is -0.233. The number of piperidine rings is 2. The van der Waals surface area contributed by atoms with E-state index in [0.717, 1.165) is 49.7 Å². The van der Waals surface area contributed by atoms with Gasteiger partial charge in [-0.3, -0.25) is 19.4 Å². The van der Waals surface area contributed by atoms with Gasteiger partial charge in [0.25, 0.3) is 0 Å². The molecule has 4 amide bonds. The number of nitrogens with zero attached hydrogens (tertiary/aromatic N) is 2. The Hall–Kier alpha value is -5.14. The van der Waals surface area contributed by atoms with E-state index in [4.69, 9.17) is 18.9 Å². The van der Waals surface area contributed by atoms with E-state index in [1.54, 1.807) is 34.1 Å². The summed E-state index contributed by atoms with van der Waals surface area (Å²) in [6.45, 7) is 11.0. The third-order valence-corrected chi connectivity index (χ3v) is 12.0. The first-order valence-corrected chi connectivity index (χ1v) is 20.3. The number of carbonyl (C=O) groups is 6. The predicted octanol–water partition coefficient (Wildman–Crippen LogP) is 5.95. The molecule has 2 heterocycles. The van der Waals surface area contributed by atoms with Crippen LogP contribution in [0, 0.1) is 11.8 Å². The van der Waals surface area contributed by atoms with Crippen molar-refractivity contribution >= 4 is 35.9 Å². The van der Waals surface area contributed by atoms with Crippen LogP contribution >= 0.6 is 0 Å². The summed E-state index contributed by atoms with van der Waals surface area (Å²) in [7, 11) is 2.70. The van der Waals surface area contributed by atoms with Crippen molar-refractivity contribution in [3.63, 3.8) is 0 Å². The number of hydrogen-bond donors (Lipinski definition) is 2. The molecular formula is C44H56N4O10. The molecule has 0 spiro atoms. The van der Waals surface area contributed by atoms with E-state index in [-0.39, 0.29) is 35.8 Å². The first-order chi connectivity index (χ1) is 27.3. The van der Waals surface area contributed by atoms with Gasteiger partial charge in [0, 0.05) is 12.1 Å². The molecular weight excluding hydrogens is 745 g/mol. The van der Waals surface area contributed by atoms with Gasteiger partial charge in [-0.1, -0.05) is 24.3 Å². The molecule has 14 heteroatoms. The topological polar surface area (TPSA) is 170 Å². The van der Waals surface area contributed by atoms with Crippen LogP contribution in [0.5, 0.6) is 0 Å². The van der Waals surface area contributed by atoms with Crippen LogP contribution in [0.25, 0.3) is 0 Å². The van der Waals surface area contributed by atoms with Gasteiger partial charge in [0.1, 0.15) is 23.3 Å². The van der Waals surface area contributed by atoms with Gasteiger partial charge in [-0.15, -0.1) is 0 Å². The van der Waals surface area contributed by atoms with Crippen molar-refractivity contribution in [2.75, 3.05) is 14.2 Å². The molecule has 6 aliphatic rings. The van der Waals surface area contributed by atoms with Crippen LogP contribution in [-0.2, 0) is 39.6 Å². The molecule has 0 unspecified atom stereocenters. The fraction of sp³-hybridized carbons (Fsp3) is 0.591. The highest BCUT2D eigenvalue weighted by Gasteiger charge is 2.60. The first-order valence-electron chi connectivity index (χ1n) is 20.3. The normalized spacial score (nSPS) is 26.3. The highest BCUT2D eigenvalue weighted by Crippen LogP contribution is 2.52. The zero-order valence-corrected chi connectivity index (χ0v) is 34.7. The Labute approximate surface area is 339 Å². The van der Waals surface area contributed by atoms with Crippen molar-refractivity contribution in [3.8, 4) is 0 Å². The Morgan fingerprint density at radius 3 is 1.16 bits per heavy atom. The summed E-state index contributed by atoms with van der Waals surface area (Å²) in [6.07, 6.45) is 5.80. The third-order valence-electron chi connectivity index (χ3n) is 12.0. The number of ether oxygens (including phenoxy) is 4. The number of methoxy groups -OCH3 is 2. The molecule has 0 radical (unpaired) electrons. The molecule has 312 valence electrons. The number of benzene rings is 2. The number of carbonyl (C=O) groups excluding carboxylic acids is 6. The number of rotatable bonds is 8. The lowest BCUT2D eigenvalue weighted by molar-refractivity contribution is -0.127. The molecule has 8 rings (SSSR count). The number of esters is 2. The fourth-order valence-corrected chi connectivity index (χ4v) is 8.48. The van der Waals surface area contributed by atoms with Crippen LogP contribution in [0.15, 0.2) is 48.5 Å². The molecule has 2 aromatic carbocycles. The minimum atomic E-state index is -0.593. The molecule has 2 aliphatic heterocycles. The molecule has 2 saturated heterocycles. The quantitative estimate of drug-likeness (QED) is 0.240. The Balaban J connectivity index is 0.000000177. The average Bonchev–Trinajstić information content (AvgIpc) is 4.05. The molecule has 58 heavy (non-hydrogen) atoms. The van der Waals surface area contributed by atoms with Gasteiger partial charge in [-0.25, -0.2) is 19.2 Å². The Morgan fingerprint density at radius 1 is 0.552 bits per heavy atom. The van der Waals surface area contributed by atoms with Crippen molar-refractivity contribution in [3.05, 3.63) is 70.8 Å². The summed E-state index contributed by atoms with van der Waals surface area (Å²) in [5, 5.41) is 6.35. The largest absolute Gasteiger partial charge is 0.465 e. The highest BCUT2D eigenvalue weighted by molar-refractivity contribution is 5.91. The maximum atomic E-state index is 13.1. The number of nitrogens with one attached hydrogen (secondary N) is 2. The molecule has 14 nitrogen and oxygen atoms in total. The van der Waals surface area contributed by atoms with Crippen molar-refractivity contribution in [1.82, 2.24) is 20.4 Å². The lowest BCUT2D eigenvalue weighted by Gasteiger charge is -2.31. The molecule has 0 bridgehead atoms. The van der Waals surface area contributed by atoms with Gasteiger partial charge < -0.3 is 29.6 Å². The van der Waals surface area contributed by atoms with Crippen LogP contribution < -0.4 is 10.6 Å². The van der Waals surface area contributed by atoms with Crippen LogP contribution in [0.3, 0.4) is 0 Å². The average molecular weight is 801 g/mol. The van der Waals surface area contributed by atoms with Crippen LogP contribution in [0.2, 0.25) is 0 Å². The zero-order valence-electron chi connectivity index (χ0n) is 34.7. The Morgan fingerprint density at radius 2 is 0.879 bits per heavy atom. The van der Waals surface area contributed by atoms with Gasteiger partial charge in [-0.05, 0) is 140 Å². The lowest BCUT2D eigenvalue weighted by atomic mass is 10.0. The number of fused-ring (bicyclic) bond motifs is 2. The van der Waals surface area contributed by atoms with E-state index >= 15 is 0 Å². The highest BCUT2D eigenvalue weighted by atomic mass is 16.6. The van der Waals surface area contributed by atoms with Crippen LogP contribution in [0.4, 0.5) is 9.59 Å². The molecule has 4 saturated carbocycles. The van der Waals surface area contributed by atoms with Crippen molar-refractivity contribution < 1.29 is 47.7 Å². The smallest absolute Gasteiger partial charge is 0.411 e. The van der Waals surface area contributed by atoms with E-state index in [2.05, 4.69) is 10.6 Å². The summed E-state index contributed by atoms with van der Waals surface area (Å²) < 4.78 is 20.5. The minimum absolute atomic E-state index is 0.120. The van der Waals surface area contributed by atoms with Gasteiger partial charge in [-0.2, -0.15) is 0 Å². The summed E-state index contributed by atoms with van der Waals surface area (Å²) in [5.41, 5.74) is 0.858. The van der Waals surface area contributed by atoms with E-state index in [0.29, 0.717) is 35.8 Å². The van der Waals surface area contributed by atoms with E-state index < -0.39 is 46.6 Å². The summed E-state index contributed by atoms with van der Waals surface area (Å²) >= 11 is 0. The summed E-state index contributed by atoms with van der Waals surface area (Å²) in [4.78, 5) is 78.1. The standard InChI is InChI=1S/2C22H28N2O5/c2*1-21(2,3)29-20(27)24-16-11-14(16)12-17(24)18(25)23-22(9-10-22)15-7-5-13(6-8-15)19(26)28-4/h2*5-8,14,16-17H,9-12H2,1-4H3,(H,23,25)/t14-,16-,17+;14-,16-,17-/m01/s1. The third kappa shape index (κ3) is 8.66. The maximum Gasteiger partial charge on any atom is 0.411 e. The minimum Gasteiger partial charge on any atom is -0.465 e. The fourth-order valence-electron chi connectivity index (χ4n) is 8.48. The Bertz CT molecular complexity index is 1820. The van der Waals surface area contributed by atoms with Gasteiger partial charge in [0.05, 0.1) is 36.4 Å². The van der Waals surface area contributed by atoms with E-state index in [1.807, 2.05) is 65.8 Å². The van der Waals surface area contributed by atoms with Gasteiger partial charge >= 0.3 is 24.1 Å². The molecule has 0 aromatic heterocycles. The maximum absolute atomic E-state index is 13.1. The molecule has 6 fully saturated rings. The molecule has 6 atom stereocenters. The second-order valence-electron chi connectivity index (χ2n) is 18.7. The Kier molecular flexibility index (Phi) is 10.5. The summed E-state index contributed by atoms with van der Waals surface area (Å²) in [6, 6.07) is 13.6. The number of hydrogen-bond acceptors (Lipinski definition) is 10. The van der Waals surface area contributed by atoms with Crippen LogP contribution in [0.1, 0.15) is 125 Å². The predicted molar refractivity (Wildman–Crippen MR) is 210 cm³/mol. The molecule has 2 aromatic rings. The van der Waals surface area contributed by atoms with E-state index in [9.17, 15) is 28.8 Å². The second-order valence-corrected chi connectivity index (χ2v) is 18.7. The monoisotopic (exact) mass is 800 g/mol. The first kappa shape index (κ1) is 41.0. The van der Waals surface area contributed by atoms with E-state index in [1.165, 1.54) is 14.2 Å². The lowest BCUT2D eigenvalue weighted by Crippen LogP contribution is -2.51. The van der Waals surface area contributed by atoms with Crippen LogP contribution in [-0.4, -0.2) is 95.3 Å². The van der Waals surface area contributed by atoms with Crippen molar-refractivity contribution in [2.24, 2.45) is 11.8 Å². The SMILES string of the molecule is COC(=O)c1ccc(C2(NC(=O)[C@H]3C[C@@H]4C[C@@H]4N3C(=O)OC(C)(C)C)CC2)cc1.COC(=O)c1ccc(C2(NC(=O)[C@H]3C[C@H]4C[C@H]4N3C(=O)OC(C)(C)C)CC2)cc1. The number of likely N-dealkylation sites (tertiary alicyclic amines) is 2.